The third-order valence-electron chi connectivity index (χ3n) is 3.75. The molecule has 2 saturated heterocycles. The van der Waals surface area contributed by atoms with E-state index in [1.807, 2.05) is 13.8 Å². The van der Waals surface area contributed by atoms with Gasteiger partial charge in [-0.15, -0.1) is 0 Å². The van der Waals surface area contributed by atoms with Crippen molar-refractivity contribution in [2.45, 2.75) is 51.2 Å². The maximum absolute atomic E-state index is 12.6. The van der Waals surface area contributed by atoms with Gasteiger partial charge in [-0.3, -0.25) is 9.59 Å². The van der Waals surface area contributed by atoms with Crippen molar-refractivity contribution in [1.82, 2.24) is 15.5 Å². The predicted octanol–water partition coefficient (Wildman–Crippen LogP) is -0.119. The van der Waals surface area contributed by atoms with E-state index >= 15 is 0 Å². The maximum Gasteiger partial charge on any atom is 0.245 e. The zero-order valence-corrected chi connectivity index (χ0v) is 12.4. The van der Waals surface area contributed by atoms with Crippen LogP contribution in [0, 0.1) is 0 Å². The molecule has 6 nitrogen and oxygen atoms in total. The minimum atomic E-state index is -0.498. The molecule has 2 aliphatic rings. The number of morpholine rings is 1. The van der Waals surface area contributed by atoms with Gasteiger partial charge in [0.15, 0.2) is 0 Å². The number of nitrogens with zero attached hydrogens (tertiary/aromatic N) is 1. The molecule has 0 bridgehead atoms. The van der Waals surface area contributed by atoms with E-state index in [4.69, 9.17) is 4.74 Å². The summed E-state index contributed by atoms with van der Waals surface area (Å²) < 4.78 is 5.38. The van der Waals surface area contributed by atoms with Crippen LogP contribution in [0.5, 0.6) is 0 Å². The van der Waals surface area contributed by atoms with Crippen molar-refractivity contribution in [1.29, 1.82) is 0 Å². The molecule has 2 aliphatic heterocycles. The number of rotatable bonds is 3. The molecule has 0 aromatic heterocycles. The number of nitrogens with one attached hydrogen (secondary N) is 2. The molecule has 0 aromatic carbocycles. The van der Waals surface area contributed by atoms with Crippen LogP contribution in [0.1, 0.15) is 33.1 Å². The van der Waals surface area contributed by atoms with E-state index in [0.717, 1.165) is 25.8 Å². The van der Waals surface area contributed by atoms with Crippen LogP contribution in [0.4, 0.5) is 0 Å². The third-order valence-corrected chi connectivity index (χ3v) is 3.75. The summed E-state index contributed by atoms with van der Waals surface area (Å²) in [7, 11) is 0. The lowest BCUT2D eigenvalue weighted by atomic mass is 10.0. The first kappa shape index (κ1) is 15.3. The molecule has 0 aliphatic carbocycles. The molecule has 2 N–H and O–H groups in total. The fourth-order valence-electron chi connectivity index (χ4n) is 2.73. The minimum absolute atomic E-state index is 0.0388. The Kier molecular flexibility index (Phi) is 5.37. The topological polar surface area (TPSA) is 70.7 Å². The Morgan fingerprint density at radius 2 is 2.15 bits per heavy atom. The molecule has 2 atom stereocenters. The number of carbonyl (C=O) groups excluding carboxylic acids is 2. The van der Waals surface area contributed by atoms with Gasteiger partial charge in [0.1, 0.15) is 6.04 Å². The highest BCUT2D eigenvalue weighted by atomic mass is 16.5. The summed E-state index contributed by atoms with van der Waals surface area (Å²) in [6.45, 7) is 5.99. The average Bonchev–Trinajstić information content (AvgIpc) is 2.46. The summed E-state index contributed by atoms with van der Waals surface area (Å²) in [6.07, 6.45) is 3.04. The largest absolute Gasteiger partial charge is 0.377 e. The van der Waals surface area contributed by atoms with Gasteiger partial charge >= 0.3 is 0 Å². The van der Waals surface area contributed by atoms with Gasteiger partial charge in [-0.2, -0.15) is 0 Å². The van der Waals surface area contributed by atoms with Crippen LogP contribution in [0.3, 0.4) is 0 Å². The van der Waals surface area contributed by atoms with E-state index in [1.165, 1.54) is 0 Å². The van der Waals surface area contributed by atoms with Crippen LogP contribution in [0.15, 0.2) is 0 Å². The Morgan fingerprint density at radius 3 is 2.80 bits per heavy atom. The van der Waals surface area contributed by atoms with Crippen LogP contribution in [-0.2, 0) is 14.3 Å². The molecular weight excluding hydrogens is 258 g/mol. The van der Waals surface area contributed by atoms with Gasteiger partial charge < -0.3 is 20.3 Å². The highest BCUT2D eigenvalue weighted by molar-refractivity contribution is 5.90. The molecule has 6 heteroatoms. The van der Waals surface area contributed by atoms with Gasteiger partial charge in [-0.25, -0.2) is 0 Å². The van der Waals surface area contributed by atoms with Crippen LogP contribution < -0.4 is 10.6 Å². The first-order valence-electron chi connectivity index (χ1n) is 7.51. The van der Waals surface area contributed by atoms with Gasteiger partial charge in [0.25, 0.3) is 0 Å². The van der Waals surface area contributed by atoms with E-state index in [1.54, 1.807) is 4.90 Å². The molecule has 20 heavy (non-hydrogen) atoms. The zero-order valence-electron chi connectivity index (χ0n) is 12.4. The van der Waals surface area contributed by atoms with Crippen LogP contribution in [0.25, 0.3) is 0 Å². The van der Waals surface area contributed by atoms with Crippen molar-refractivity contribution >= 4 is 11.8 Å². The Balaban J connectivity index is 2.01. The predicted molar refractivity (Wildman–Crippen MR) is 75.2 cm³/mol. The van der Waals surface area contributed by atoms with Gasteiger partial charge in [0, 0.05) is 12.6 Å². The van der Waals surface area contributed by atoms with E-state index in [2.05, 4.69) is 10.6 Å². The monoisotopic (exact) mass is 283 g/mol. The van der Waals surface area contributed by atoms with Crippen molar-refractivity contribution < 1.29 is 14.3 Å². The van der Waals surface area contributed by atoms with Crippen molar-refractivity contribution in [2.24, 2.45) is 0 Å². The summed E-state index contributed by atoms with van der Waals surface area (Å²) in [5, 5.41) is 6.12. The SMILES string of the molecule is CC(C)NC(=O)C1COCCN1C(=O)[C@@H]1CCCCN1. The van der Waals surface area contributed by atoms with Crippen molar-refractivity contribution in [2.75, 3.05) is 26.3 Å². The van der Waals surface area contributed by atoms with E-state index in [0.29, 0.717) is 13.2 Å². The van der Waals surface area contributed by atoms with Gasteiger partial charge in [-0.1, -0.05) is 6.42 Å². The molecular formula is C14H25N3O3. The number of ether oxygens (including phenoxy) is 1. The fourth-order valence-corrected chi connectivity index (χ4v) is 2.73. The number of hydrogen-bond donors (Lipinski definition) is 2. The second-order valence-electron chi connectivity index (χ2n) is 5.79. The van der Waals surface area contributed by atoms with Crippen LogP contribution >= 0.6 is 0 Å². The van der Waals surface area contributed by atoms with E-state index in [-0.39, 0.29) is 30.5 Å². The highest BCUT2D eigenvalue weighted by Crippen LogP contribution is 2.14. The molecule has 0 saturated carbocycles. The summed E-state index contributed by atoms with van der Waals surface area (Å²) in [6, 6.07) is -0.576. The lowest BCUT2D eigenvalue weighted by Crippen LogP contribution is -2.60. The lowest BCUT2D eigenvalue weighted by Gasteiger charge is -2.38. The molecule has 0 spiro atoms. The first-order chi connectivity index (χ1) is 9.59. The van der Waals surface area contributed by atoms with Gasteiger partial charge in [-0.05, 0) is 33.2 Å². The quantitative estimate of drug-likeness (QED) is 0.757. The first-order valence-corrected chi connectivity index (χ1v) is 7.51. The summed E-state index contributed by atoms with van der Waals surface area (Å²) in [5.74, 6) is -0.0826. The molecule has 1 unspecified atom stereocenters. The Labute approximate surface area is 120 Å². The second-order valence-corrected chi connectivity index (χ2v) is 5.79. The third kappa shape index (κ3) is 3.70. The maximum atomic E-state index is 12.6. The van der Waals surface area contributed by atoms with E-state index < -0.39 is 6.04 Å². The van der Waals surface area contributed by atoms with E-state index in [9.17, 15) is 9.59 Å². The summed E-state index contributed by atoms with van der Waals surface area (Å²) in [4.78, 5) is 26.5. The van der Waals surface area contributed by atoms with Crippen molar-refractivity contribution in [3.05, 3.63) is 0 Å². The Hall–Kier alpha value is -1.14. The van der Waals surface area contributed by atoms with Gasteiger partial charge in [0.05, 0.1) is 19.3 Å². The normalized spacial score (nSPS) is 27.4. The number of carbonyl (C=O) groups is 2. The standard InChI is InChI=1S/C14H25N3O3/c1-10(2)16-13(18)12-9-20-8-7-17(12)14(19)11-5-3-4-6-15-11/h10-12,15H,3-9H2,1-2H3,(H,16,18)/t11-,12?/m0/s1. The molecule has 0 aromatic rings. The number of hydrogen-bond acceptors (Lipinski definition) is 4. The average molecular weight is 283 g/mol. The van der Waals surface area contributed by atoms with Gasteiger partial charge in [0.2, 0.25) is 11.8 Å². The number of amides is 2. The lowest BCUT2D eigenvalue weighted by molar-refractivity contribution is -0.150. The molecule has 2 fully saturated rings. The second kappa shape index (κ2) is 7.04. The molecule has 2 heterocycles. The zero-order chi connectivity index (χ0) is 14.5. The molecule has 2 amide bonds. The van der Waals surface area contributed by atoms with Crippen LogP contribution in [0.2, 0.25) is 0 Å². The van der Waals surface area contributed by atoms with Crippen molar-refractivity contribution in [3.63, 3.8) is 0 Å². The molecule has 0 radical (unpaired) electrons. The minimum Gasteiger partial charge on any atom is -0.377 e. The van der Waals surface area contributed by atoms with Crippen LogP contribution in [-0.4, -0.2) is 61.1 Å². The van der Waals surface area contributed by atoms with Crippen molar-refractivity contribution in [3.8, 4) is 0 Å². The molecule has 2 rings (SSSR count). The highest BCUT2D eigenvalue weighted by Gasteiger charge is 2.36. The number of piperidine rings is 1. The Bertz CT molecular complexity index is 354. The summed E-state index contributed by atoms with van der Waals surface area (Å²) in [5.41, 5.74) is 0. The molecule has 114 valence electrons. The summed E-state index contributed by atoms with van der Waals surface area (Å²) >= 11 is 0. The smallest absolute Gasteiger partial charge is 0.245 e. The Morgan fingerprint density at radius 1 is 1.35 bits per heavy atom. The fraction of sp³-hybridized carbons (Fsp3) is 0.857.